The van der Waals surface area contributed by atoms with Crippen molar-refractivity contribution in [2.24, 2.45) is 5.92 Å². The summed E-state index contributed by atoms with van der Waals surface area (Å²) >= 11 is 1.41. The average molecular weight is 337 g/mol. The number of sulfonamides is 1. The Hall–Kier alpha value is -0.140. The van der Waals surface area contributed by atoms with E-state index in [0.29, 0.717) is 29.3 Å². The van der Waals surface area contributed by atoms with Crippen LogP contribution in [-0.2, 0) is 16.4 Å². The maximum atomic E-state index is 12.6. The van der Waals surface area contributed by atoms with Gasteiger partial charge in [-0.2, -0.15) is 4.31 Å². The molecule has 3 heterocycles. The van der Waals surface area contributed by atoms with Gasteiger partial charge in [-0.1, -0.05) is 6.92 Å². The second-order valence-corrected chi connectivity index (χ2v) is 8.67. The standard InChI is InChI=1S/C13H20N2O2S2.ClH/c1-2-11-3-4-13(18-11)19(16,17)15-8-6-12-10(9-15)5-7-14-12;/h3-4,10,12,14H,2,5-9H2,1H3;1H. The molecule has 3 rings (SSSR count). The van der Waals surface area contributed by atoms with Gasteiger partial charge < -0.3 is 5.32 Å². The Morgan fingerprint density at radius 1 is 1.40 bits per heavy atom. The van der Waals surface area contributed by atoms with Crippen molar-refractivity contribution in [1.29, 1.82) is 0 Å². The van der Waals surface area contributed by atoms with E-state index in [9.17, 15) is 8.42 Å². The van der Waals surface area contributed by atoms with E-state index in [2.05, 4.69) is 12.2 Å². The normalized spacial score (nSPS) is 27.1. The van der Waals surface area contributed by atoms with E-state index in [0.717, 1.165) is 30.7 Å². The Morgan fingerprint density at radius 3 is 2.90 bits per heavy atom. The molecule has 0 amide bonds. The van der Waals surface area contributed by atoms with Crippen LogP contribution in [-0.4, -0.2) is 38.4 Å². The number of nitrogens with zero attached hydrogens (tertiary/aromatic N) is 1. The molecule has 7 heteroatoms. The highest BCUT2D eigenvalue weighted by atomic mass is 35.5. The number of aryl methyl sites for hydroxylation is 1. The molecule has 2 aliphatic rings. The fourth-order valence-electron chi connectivity index (χ4n) is 3.05. The molecule has 0 spiro atoms. The van der Waals surface area contributed by atoms with E-state index in [4.69, 9.17) is 0 Å². The highest BCUT2D eigenvalue weighted by molar-refractivity contribution is 7.91. The third kappa shape index (κ3) is 2.90. The van der Waals surface area contributed by atoms with Crippen molar-refractivity contribution in [2.45, 2.75) is 36.4 Å². The Balaban J connectivity index is 0.00000147. The van der Waals surface area contributed by atoms with Crippen LogP contribution in [0, 0.1) is 5.92 Å². The fourth-order valence-corrected chi connectivity index (χ4v) is 6.01. The molecule has 2 aliphatic heterocycles. The lowest BCUT2D eigenvalue weighted by molar-refractivity contribution is 0.247. The molecule has 0 bridgehead atoms. The lowest BCUT2D eigenvalue weighted by atomic mass is 9.95. The van der Waals surface area contributed by atoms with Crippen LogP contribution in [0.2, 0.25) is 0 Å². The molecular formula is C13H21ClN2O2S2. The van der Waals surface area contributed by atoms with Crippen molar-refractivity contribution in [3.05, 3.63) is 17.0 Å². The van der Waals surface area contributed by atoms with Crippen molar-refractivity contribution in [3.63, 3.8) is 0 Å². The molecule has 1 N–H and O–H groups in total. The van der Waals surface area contributed by atoms with Crippen molar-refractivity contribution in [2.75, 3.05) is 19.6 Å². The summed E-state index contributed by atoms with van der Waals surface area (Å²) in [5, 5.41) is 3.46. The molecule has 2 saturated heterocycles. The zero-order valence-electron chi connectivity index (χ0n) is 11.5. The lowest BCUT2D eigenvalue weighted by Crippen LogP contribution is -2.46. The third-order valence-corrected chi connectivity index (χ3v) is 7.76. The number of hydrogen-bond donors (Lipinski definition) is 1. The van der Waals surface area contributed by atoms with Crippen LogP contribution >= 0.6 is 23.7 Å². The third-order valence-electron chi connectivity index (χ3n) is 4.20. The quantitative estimate of drug-likeness (QED) is 0.919. The van der Waals surface area contributed by atoms with Crippen molar-refractivity contribution >= 4 is 33.8 Å². The highest BCUT2D eigenvalue weighted by Gasteiger charge is 2.38. The van der Waals surface area contributed by atoms with Gasteiger partial charge in [-0.3, -0.25) is 0 Å². The van der Waals surface area contributed by atoms with Gasteiger partial charge in [0.2, 0.25) is 0 Å². The largest absolute Gasteiger partial charge is 0.314 e. The summed E-state index contributed by atoms with van der Waals surface area (Å²) in [5.74, 6) is 0.495. The van der Waals surface area contributed by atoms with E-state index in [-0.39, 0.29) is 12.4 Å². The highest BCUT2D eigenvalue weighted by Crippen LogP contribution is 2.31. The molecule has 2 unspecified atom stereocenters. The minimum absolute atomic E-state index is 0. The summed E-state index contributed by atoms with van der Waals surface area (Å²) < 4.78 is 27.4. The van der Waals surface area contributed by atoms with Crippen LogP contribution in [0.5, 0.6) is 0 Å². The number of rotatable bonds is 3. The molecule has 1 aromatic heterocycles. The Morgan fingerprint density at radius 2 is 2.20 bits per heavy atom. The minimum atomic E-state index is -3.27. The summed E-state index contributed by atoms with van der Waals surface area (Å²) in [6, 6.07) is 4.22. The number of piperidine rings is 1. The Kier molecular flexibility index (Phi) is 5.13. The van der Waals surface area contributed by atoms with Gasteiger partial charge in [0, 0.05) is 24.0 Å². The molecule has 0 aliphatic carbocycles. The van der Waals surface area contributed by atoms with Crippen LogP contribution in [0.15, 0.2) is 16.3 Å². The molecule has 0 aromatic carbocycles. The van der Waals surface area contributed by atoms with Gasteiger partial charge in [-0.15, -0.1) is 23.7 Å². The number of hydrogen-bond acceptors (Lipinski definition) is 4. The maximum Gasteiger partial charge on any atom is 0.252 e. The zero-order chi connectivity index (χ0) is 13.5. The summed E-state index contributed by atoms with van der Waals surface area (Å²) in [7, 11) is -3.27. The van der Waals surface area contributed by atoms with Crippen LogP contribution in [0.4, 0.5) is 0 Å². The van der Waals surface area contributed by atoms with E-state index in [1.165, 1.54) is 11.3 Å². The fraction of sp³-hybridized carbons (Fsp3) is 0.692. The molecule has 0 radical (unpaired) electrons. The number of thiophene rings is 1. The molecular weight excluding hydrogens is 316 g/mol. The Labute approximate surface area is 131 Å². The molecule has 4 nitrogen and oxygen atoms in total. The van der Waals surface area contributed by atoms with Gasteiger partial charge in [-0.05, 0) is 43.9 Å². The molecule has 20 heavy (non-hydrogen) atoms. The second-order valence-electron chi connectivity index (χ2n) is 5.34. The average Bonchev–Trinajstić information content (AvgIpc) is 3.06. The SMILES string of the molecule is CCc1ccc(S(=O)(=O)N2CCC3NCCC3C2)s1.Cl. The second kappa shape index (κ2) is 6.32. The smallest absolute Gasteiger partial charge is 0.252 e. The first-order valence-corrected chi connectivity index (χ1v) is 9.19. The summed E-state index contributed by atoms with van der Waals surface area (Å²) in [5.41, 5.74) is 0. The van der Waals surface area contributed by atoms with E-state index in [1.807, 2.05) is 6.07 Å². The molecule has 2 fully saturated rings. The van der Waals surface area contributed by atoms with E-state index < -0.39 is 10.0 Å². The maximum absolute atomic E-state index is 12.6. The van der Waals surface area contributed by atoms with Crippen molar-refractivity contribution < 1.29 is 8.42 Å². The van der Waals surface area contributed by atoms with Gasteiger partial charge in [0.05, 0.1) is 0 Å². The molecule has 114 valence electrons. The summed E-state index contributed by atoms with van der Waals surface area (Å²) in [6.45, 7) is 4.41. The monoisotopic (exact) mass is 336 g/mol. The van der Waals surface area contributed by atoms with Crippen molar-refractivity contribution in [1.82, 2.24) is 9.62 Å². The number of fused-ring (bicyclic) bond motifs is 1. The minimum Gasteiger partial charge on any atom is -0.314 e. The van der Waals surface area contributed by atoms with Gasteiger partial charge in [-0.25, -0.2) is 8.42 Å². The summed E-state index contributed by atoms with van der Waals surface area (Å²) in [6.07, 6.45) is 2.94. The van der Waals surface area contributed by atoms with Gasteiger partial charge >= 0.3 is 0 Å². The first-order chi connectivity index (χ1) is 9.11. The van der Waals surface area contributed by atoms with Gasteiger partial charge in [0.15, 0.2) is 0 Å². The van der Waals surface area contributed by atoms with Gasteiger partial charge in [0.1, 0.15) is 4.21 Å². The predicted octanol–water partition coefficient (Wildman–Crippen LogP) is 2.10. The number of halogens is 1. The van der Waals surface area contributed by atoms with E-state index >= 15 is 0 Å². The molecule has 2 atom stereocenters. The summed E-state index contributed by atoms with van der Waals surface area (Å²) in [4.78, 5) is 1.14. The first-order valence-electron chi connectivity index (χ1n) is 6.93. The predicted molar refractivity (Wildman–Crippen MR) is 84.2 cm³/mol. The molecule has 0 saturated carbocycles. The van der Waals surface area contributed by atoms with Crippen LogP contribution in [0.25, 0.3) is 0 Å². The van der Waals surface area contributed by atoms with E-state index in [1.54, 1.807) is 10.4 Å². The lowest BCUT2D eigenvalue weighted by Gasteiger charge is -2.33. The van der Waals surface area contributed by atoms with Crippen molar-refractivity contribution in [3.8, 4) is 0 Å². The first kappa shape index (κ1) is 16.2. The van der Waals surface area contributed by atoms with Crippen LogP contribution in [0.3, 0.4) is 0 Å². The zero-order valence-corrected chi connectivity index (χ0v) is 14.0. The number of nitrogens with one attached hydrogen (secondary N) is 1. The Bertz CT molecular complexity index is 558. The topological polar surface area (TPSA) is 49.4 Å². The van der Waals surface area contributed by atoms with Crippen LogP contribution < -0.4 is 5.32 Å². The van der Waals surface area contributed by atoms with Crippen LogP contribution in [0.1, 0.15) is 24.6 Å². The van der Waals surface area contributed by atoms with Gasteiger partial charge in [0.25, 0.3) is 10.0 Å². The molecule has 1 aromatic rings.